The average Bonchev–Trinajstić information content (AvgIpc) is 3.36. The summed E-state index contributed by atoms with van der Waals surface area (Å²) in [4.78, 5) is 28.4. The third-order valence-corrected chi connectivity index (χ3v) is 7.04. The molecule has 0 radical (unpaired) electrons. The van der Waals surface area contributed by atoms with E-state index in [1.165, 1.54) is 41.2 Å². The molecule has 9 nitrogen and oxygen atoms in total. The highest BCUT2D eigenvalue weighted by Crippen LogP contribution is 2.30. The largest absolute Gasteiger partial charge is 0.393 e. The van der Waals surface area contributed by atoms with Gasteiger partial charge >= 0.3 is 5.69 Å². The van der Waals surface area contributed by atoms with Gasteiger partial charge in [-0.15, -0.1) is 11.8 Å². The average molecular weight is 518 g/mol. The number of aliphatic hydroxyl groups excluding tert-OH is 1. The Morgan fingerprint density at radius 1 is 1.03 bits per heavy atom. The summed E-state index contributed by atoms with van der Waals surface area (Å²) in [6.45, 7) is 3.88. The van der Waals surface area contributed by atoms with Crippen molar-refractivity contribution in [2.45, 2.75) is 63.2 Å². The molecule has 1 aromatic carbocycles. The third-order valence-electron chi connectivity index (χ3n) is 5.93. The topological polar surface area (TPSA) is 118 Å². The van der Waals surface area contributed by atoms with Crippen LogP contribution in [0.5, 0.6) is 0 Å². The third kappa shape index (κ3) is 10.4. The number of ether oxygens (including phenoxy) is 1. The number of rotatable bonds is 17. The molecule has 2 atom stereocenters. The lowest BCUT2D eigenvalue weighted by molar-refractivity contribution is -0.116. The van der Waals surface area contributed by atoms with Crippen LogP contribution in [-0.2, 0) is 16.1 Å². The fourth-order valence-electron chi connectivity index (χ4n) is 3.93. The number of anilines is 1. The molecule has 0 aliphatic carbocycles. The van der Waals surface area contributed by atoms with Crippen molar-refractivity contribution in [2.75, 3.05) is 37.3 Å². The lowest BCUT2D eigenvalue weighted by atomic mass is 10.2. The number of benzene rings is 1. The van der Waals surface area contributed by atoms with E-state index in [4.69, 9.17) is 9.84 Å². The first-order chi connectivity index (χ1) is 17.7. The van der Waals surface area contributed by atoms with E-state index >= 15 is 0 Å². The smallest absolute Gasteiger partial charge is 0.351 e. The van der Waals surface area contributed by atoms with Crippen LogP contribution in [0, 0.1) is 0 Å². The molecule has 1 fully saturated rings. The molecular formula is C26H39N5O4S. The molecule has 198 valence electrons. The van der Waals surface area contributed by atoms with Crippen LogP contribution in [0.4, 0.5) is 5.82 Å². The van der Waals surface area contributed by atoms with Crippen molar-refractivity contribution in [1.82, 2.24) is 20.2 Å². The second-order valence-electron chi connectivity index (χ2n) is 8.87. The van der Waals surface area contributed by atoms with Gasteiger partial charge in [0, 0.05) is 24.9 Å². The fourth-order valence-corrected chi connectivity index (χ4v) is 4.87. The maximum atomic E-state index is 12.3. The normalized spacial score (nSPS) is 17.4. The number of aromatic nitrogens is 2. The second kappa shape index (κ2) is 16.5. The maximum Gasteiger partial charge on any atom is 0.351 e. The van der Waals surface area contributed by atoms with E-state index in [9.17, 15) is 9.59 Å². The van der Waals surface area contributed by atoms with Crippen molar-refractivity contribution in [3.05, 3.63) is 58.6 Å². The molecule has 10 heteroatoms. The van der Waals surface area contributed by atoms with Crippen LogP contribution >= 0.6 is 11.8 Å². The van der Waals surface area contributed by atoms with Gasteiger partial charge in [0.25, 0.3) is 0 Å². The van der Waals surface area contributed by atoms with Gasteiger partial charge in [0.2, 0.25) is 5.91 Å². The van der Waals surface area contributed by atoms with E-state index in [1.807, 2.05) is 6.07 Å². The quantitative estimate of drug-likeness (QED) is 0.237. The first-order valence-electron chi connectivity index (χ1n) is 12.9. The summed E-state index contributed by atoms with van der Waals surface area (Å²) in [6.07, 6.45) is 7.91. The van der Waals surface area contributed by atoms with Crippen LogP contribution in [0.2, 0.25) is 0 Å². The molecule has 2 aromatic rings. The Bertz CT molecular complexity index is 959. The minimum Gasteiger partial charge on any atom is -0.393 e. The van der Waals surface area contributed by atoms with E-state index in [1.54, 1.807) is 12.3 Å². The number of nitrogens with zero attached hydrogens (tertiary/aromatic N) is 2. The number of aliphatic hydroxyl groups is 1. The summed E-state index contributed by atoms with van der Waals surface area (Å²) >= 11 is 1.45. The second-order valence-corrected chi connectivity index (χ2v) is 10.1. The molecule has 1 aliphatic rings. The summed E-state index contributed by atoms with van der Waals surface area (Å²) in [5.74, 6) is 0.684. The Hall–Kier alpha value is -2.24. The van der Waals surface area contributed by atoms with E-state index < -0.39 is 11.9 Å². The lowest BCUT2D eigenvalue weighted by Crippen LogP contribution is -2.29. The van der Waals surface area contributed by atoms with Gasteiger partial charge in [-0.05, 0) is 56.9 Å². The number of hydrogen-bond donors (Lipinski definition) is 4. The van der Waals surface area contributed by atoms with Crippen LogP contribution in [0.1, 0.15) is 56.7 Å². The molecule has 1 aromatic heterocycles. The fraction of sp³-hybridized carbons (Fsp3) is 0.577. The predicted octanol–water partition coefficient (Wildman–Crippen LogP) is 2.87. The Kier molecular flexibility index (Phi) is 13.0. The minimum atomic E-state index is -0.480. The Morgan fingerprint density at radius 3 is 2.44 bits per heavy atom. The van der Waals surface area contributed by atoms with Crippen molar-refractivity contribution < 1.29 is 14.6 Å². The molecule has 0 spiro atoms. The predicted molar refractivity (Wildman–Crippen MR) is 144 cm³/mol. The maximum absolute atomic E-state index is 12.3. The van der Waals surface area contributed by atoms with Crippen molar-refractivity contribution in [3.8, 4) is 0 Å². The molecule has 1 aliphatic heterocycles. The molecular weight excluding hydrogens is 478 g/mol. The zero-order chi connectivity index (χ0) is 25.4. The number of amides is 1. The molecule has 3 rings (SSSR count). The molecule has 1 amide bonds. The van der Waals surface area contributed by atoms with Gasteiger partial charge in [-0.2, -0.15) is 4.98 Å². The van der Waals surface area contributed by atoms with Gasteiger partial charge in [-0.25, -0.2) is 4.79 Å². The Labute approximate surface area is 217 Å². The van der Waals surface area contributed by atoms with E-state index in [2.05, 4.69) is 45.2 Å². The molecule has 36 heavy (non-hydrogen) atoms. The SMILES string of the molecule is O=C(CCCCCNCCCCCNCc1ccccc1)Nc1ccn([C@@H]2CS[C@H](CO)O2)c(=O)n1. The van der Waals surface area contributed by atoms with Gasteiger partial charge in [-0.1, -0.05) is 43.2 Å². The summed E-state index contributed by atoms with van der Waals surface area (Å²) in [5.41, 5.74) is 0.520. The molecule has 1 saturated heterocycles. The summed E-state index contributed by atoms with van der Waals surface area (Å²) in [7, 11) is 0. The first kappa shape index (κ1) is 28.3. The number of carbonyl (C=O) groups is 1. The van der Waals surface area contributed by atoms with Crippen LogP contribution in [0.15, 0.2) is 47.4 Å². The number of nitrogens with one attached hydrogen (secondary N) is 3. The van der Waals surface area contributed by atoms with Crippen LogP contribution < -0.4 is 21.6 Å². The molecule has 4 N–H and O–H groups in total. The highest BCUT2D eigenvalue weighted by Gasteiger charge is 2.27. The number of hydrogen-bond acceptors (Lipinski definition) is 8. The summed E-state index contributed by atoms with van der Waals surface area (Å²) in [6, 6.07) is 12.1. The highest BCUT2D eigenvalue weighted by molar-refractivity contribution is 8.00. The number of unbranched alkanes of at least 4 members (excludes halogenated alkanes) is 4. The van der Waals surface area contributed by atoms with Crippen molar-refractivity contribution in [3.63, 3.8) is 0 Å². The van der Waals surface area contributed by atoms with E-state index in [-0.39, 0.29) is 23.8 Å². The molecule has 0 saturated carbocycles. The zero-order valence-electron chi connectivity index (χ0n) is 20.9. The number of carbonyl (C=O) groups excluding carboxylic acids is 1. The lowest BCUT2D eigenvalue weighted by Gasteiger charge is -2.14. The van der Waals surface area contributed by atoms with Crippen LogP contribution in [0.25, 0.3) is 0 Å². The van der Waals surface area contributed by atoms with E-state index in [0.717, 1.165) is 45.4 Å². The molecule has 0 unspecified atom stereocenters. The molecule has 0 bridgehead atoms. The van der Waals surface area contributed by atoms with Gasteiger partial charge in [-0.3, -0.25) is 9.36 Å². The monoisotopic (exact) mass is 517 g/mol. The van der Waals surface area contributed by atoms with Gasteiger partial charge in [0.05, 0.1) is 6.61 Å². The minimum absolute atomic E-state index is 0.0959. The number of thioether (sulfide) groups is 1. The Balaban J connectivity index is 1.15. The summed E-state index contributed by atoms with van der Waals surface area (Å²) in [5, 5.41) is 18.8. The summed E-state index contributed by atoms with van der Waals surface area (Å²) < 4.78 is 6.96. The van der Waals surface area contributed by atoms with Crippen molar-refractivity contribution in [2.24, 2.45) is 0 Å². The highest BCUT2D eigenvalue weighted by atomic mass is 32.2. The van der Waals surface area contributed by atoms with Gasteiger partial charge in [0.15, 0.2) is 0 Å². The Morgan fingerprint density at radius 2 is 1.75 bits per heavy atom. The van der Waals surface area contributed by atoms with Crippen molar-refractivity contribution in [1.29, 1.82) is 0 Å². The van der Waals surface area contributed by atoms with Crippen LogP contribution in [0.3, 0.4) is 0 Å². The van der Waals surface area contributed by atoms with Gasteiger partial charge < -0.3 is 25.8 Å². The molecule has 2 heterocycles. The van der Waals surface area contributed by atoms with Crippen LogP contribution in [-0.4, -0.2) is 58.0 Å². The zero-order valence-corrected chi connectivity index (χ0v) is 21.7. The van der Waals surface area contributed by atoms with Crippen molar-refractivity contribution >= 4 is 23.5 Å². The standard InChI is InChI=1S/C26H39N5O4S/c32-19-25-35-24(20-36-25)31-17-13-22(30-26(31)34)29-23(33)12-6-2-7-14-27-15-8-3-9-16-28-18-21-10-4-1-5-11-21/h1,4-5,10-11,13,17,24-25,27-28,32H,2-3,6-9,12,14-16,18-20H2,(H,29,30,33,34)/t24-,25+/m0/s1. The first-order valence-corrected chi connectivity index (χ1v) is 13.9. The van der Waals surface area contributed by atoms with Gasteiger partial charge in [0.1, 0.15) is 17.5 Å². The van der Waals surface area contributed by atoms with E-state index in [0.29, 0.717) is 12.2 Å².